The van der Waals surface area contributed by atoms with Crippen molar-refractivity contribution in [2.75, 3.05) is 24.8 Å². The molecule has 1 aromatic carbocycles. The Morgan fingerprint density at radius 1 is 1.16 bits per heavy atom. The molecule has 0 amide bonds. The first kappa shape index (κ1) is 13.4. The second-order valence-corrected chi connectivity index (χ2v) is 4.22. The minimum Gasteiger partial charge on any atom is -0.467 e. The Kier molecular flexibility index (Phi) is 4.01. The zero-order valence-corrected chi connectivity index (χ0v) is 11.6. The molecule has 0 aliphatic rings. The smallest absolute Gasteiger partial charge is 0.322 e. The van der Waals surface area contributed by atoms with Crippen LogP contribution in [-0.4, -0.2) is 29.1 Å². The Bertz CT molecular complexity index is 568. The van der Waals surface area contributed by atoms with E-state index in [0.29, 0.717) is 16.9 Å². The van der Waals surface area contributed by atoms with E-state index in [1.54, 1.807) is 7.05 Å². The first-order valence-corrected chi connectivity index (χ1v) is 6.01. The van der Waals surface area contributed by atoms with Gasteiger partial charge in [-0.2, -0.15) is 15.0 Å². The molecule has 0 bridgehead atoms. The average Bonchev–Trinajstić information content (AvgIpc) is 2.42. The normalized spacial score (nSPS) is 10.1. The lowest BCUT2D eigenvalue weighted by Crippen LogP contribution is -2.05. The van der Waals surface area contributed by atoms with Crippen LogP contribution in [0.3, 0.4) is 0 Å². The third kappa shape index (κ3) is 3.23. The number of halogens is 1. The van der Waals surface area contributed by atoms with E-state index < -0.39 is 0 Å². The molecule has 0 fully saturated rings. The Labute approximate surface area is 116 Å². The van der Waals surface area contributed by atoms with E-state index in [1.807, 2.05) is 25.1 Å². The molecule has 0 atom stereocenters. The van der Waals surface area contributed by atoms with Gasteiger partial charge < -0.3 is 15.4 Å². The molecule has 2 aromatic rings. The van der Waals surface area contributed by atoms with E-state index in [4.69, 9.17) is 16.3 Å². The van der Waals surface area contributed by atoms with Gasteiger partial charge in [0.25, 0.3) is 0 Å². The maximum absolute atomic E-state index is 6.07. The minimum atomic E-state index is 0.236. The zero-order chi connectivity index (χ0) is 13.8. The van der Waals surface area contributed by atoms with Gasteiger partial charge in [-0.25, -0.2) is 0 Å². The van der Waals surface area contributed by atoms with Gasteiger partial charge in [-0.1, -0.05) is 17.7 Å². The molecular weight excluding hydrogens is 266 g/mol. The van der Waals surface area contributed by atoms with Gasteiger partial charge in [-0.3, -0.25) is 0 Å². The molecule has 0 aliphatic carbocycles. The highest BCUT2D eigenvalue weighted by Gasteiger charge is 2.06. The number of methoxy groups -OCH3 is 1. The van der Waals surface area contributed by atoms with E-state index in [2.05, 4.69) is 25.6 Å². The second kappa shape index (κ2) is 5.71. The van der Waals surface area contributed by atoms with Crippen molar-refractivity contribution >= 4 is 29.2 Å². The van der Waals surface area contributed by atoms with Crippen molar-refractivity contribution in [2.45, 2.75) is 6.92 Å². The number of nitrogens with zero attached hydrogens (tertiary/aromatic N) is 3. The lowest BCUT2D eigenvalue weighted by Gasteiger charge is -2.08. The molecule has 0 spiro atoms. The van der Waals surface area contributed by atoms with Crippen molar-refractivity contribution in [3.05, 3.63) is 28.8 Å². The van der Waals surface area contributed by atoms with Gasteiger partial charge in [0.2, 0.25) is 11.9 Å². The monoisotopic (exact) mass is 279 g/mol. The number of hydrogen-bond donors (Lipinski definition) is 2. The molecule has 0 aliphatic heterocycles. The SMILES string of the molecule is CNc1nc(Nc2ccc(C)c(Cl)c2)nc(OC)n1. The summed E-state index contributed by atoms with van der Waals surface area (Å²) in [5.74, 6) is 0.809. The van der Waals surface area contributed by atoms with Crippen LogP contribution in [0.1, 0.15) is 5.56 Å². The predicted octanol–water partition coefficient (Wildman–Crippen LogP) is 2.63. The molecular formula is C12H14ClN5O. The predicted molar refractivity (Wildman–Crippen MR) is 75.4 cm³/mol. The first-order chi connectivity index (χ1) is 9.12. The Balaban J connectivity index is 2.29. The molecule has 0 saturated heterocycles. The summed E-state index contributed by atoms with van der Waals surface area (Å²) in [5, 5.41) is 6.58. The maximum atomic E-state index is 6.07. The van der Waals surface area contributed by atoms with Crippen LogP contribution in [0.25, 0.3) is 0 Å². The lowest BCUT2D eigenvalue weighted by atomic mass is 10.2. The summed E-state index contributed by atoms with van der Waals surface area (Å²) in [5.41, 5.74) is 1.81. The molecule has 0 radical (unpaired) electrons. The van der Waals surface area contributed by atoms with Gasteiger partial charge in [-0.05, 0) is 24.6 Å². The molecule has 1 heterocycles. The van der Waals surface area contributed by atoms with Crippen LogP contribution in [0.15, 0.2) is 18.2 Å². The highest BCUT2D eigenvalue weighted by molar-refractivity contribution is 6.31. The fourth-order valence-electron chi connectivity index (χ4n) is 1.42. The fraction of sp³-hybridized carbons (Fsp3) is 0.250. The van der Waals surface area contributed by atoms with Gasteiger partial charge in [-0.15, -0.1) is 0 Å². The van der Waals surface area contributed by atoms with Crippen LogP contribution in [0.4, 0.5) is 17.6 Å². The van der Waals surface area contributed by atoms with Gasteiger partial charge >= 0.3 is 6.01 Å². The number of hydrogen-bond acceptors (Lipinski definition) is 6. The Morgan fingerprint density at radius 2 is 1.89 bits per heavy atom. The minimum absolute atomic E-state index is 0.236. The summed E-state index contributed by atoms with van der Waals surface area (Å²) in [4.78, 5) is 12.3. The van der Waals surface area contributed by atoms with E-state index in [1.165, 1.54) is 7.11 Å². The van der Waals surface area contributed by atoms with Crippen LogP contribution in [0, 0.1) is 6.92 Å². The molecule has 100 valence electrons. The Morgan fingerprint density at radius 3 is 2.53 bits per heavy atom. The lowest BCUT2D eigenvalue weighted by molar-refractivity contribution is 0.379. The zero-order valence-electron chi connectivity index (χ0n) is 10.9. The molecule has 2 N–H and O–H groups in total. The van der Waals surface area contributed by atoms with E-state index in [9.17, 15) is 0 Å². The number of nitrogens with one attached hydrogen (secondary N) is 2. The van der Waals surface area contributed by atoms with Gasteiger partial charge in [0.15, 0.2) is 0 Å². The van der Waals surface area contributed by atoms with Gasteiger partial charge in [0, 0.05) is 17.8 Å². The quantitative estimate of drug-likeness (QED) is 0.896. The molecule has 0 saturated carbocycles. The van der Waals surface area contributed by atoms with E-state index in [0.717, 1.165) is 11.3 Å². The highest BCUT2D eigenvalue weighted by Crippen LogP contribution is 2.22. The van der Waals surface area contributed by atoms with Crippen molar-refractivity contribution in [3.8, 4) is 6.01 Å². The largest absolute Gasteiger partial charge is 0.467 e. The molecule has 6 nitrogen and oxygen atoms in total. The standard InChI is InChI=1S/C12H14ClN5O/c1-7-4-5-8(6-9(7)13)15-11-16-10(14-2)17-12(18-11)19-3/h4-6H,1-3H3,(H2,14,15,16,17,18). The number of aryl methyl sites for hydroxylation is 1. The van der Waals surface area contributed by atoms with Crippen molar-refractivity contribution in [3.63, 3.8) is 0 Å². The number of benzene rings is 1. The molecule has 1 aromatic heterocycles. The molecule has 0 unspecified atom stereocenters. The van der Waals surface area contributed by atoms with Crippen LogP contribution in [-0.2, 0) is 0 Å². The fourth-order valence-corrected chi connectivity index (χ4v) is 1.60. The van der Waals surface area contributed by atoms with Crippen molar-refractivity contribution < 1.29 is 4.74 Å². The third-order valence-corrected chi connectivity index (χ3v) is 2.86. The van der Waals surface area contributed by atoms with Gasteiger partial charge in [0.05, 0.1) is 7.11 Å². The number of rotatable bonds is 4. The summed E-state index contributed by atoms with van der Waals surface area (Å²) in [6.45, 7) is 1.94. The van der Waals surface area contributed by atoms with Crippen molar-refractivity contribution in [1.82, 2.24) is 15.0 Å². The van der Waals surface area contributed by atoms with Crippen molar-refractivity contribution in [2.24, 2.45) is 0 Å². The van der Waals surface area contributed by atoms with Crippen molar-refractivity contribution in [1.29, 1.82) is 0 Å². The topological polar surface area (TPSA) is 72.0 Å². The summed E-state index contributed by atoms with van der Waals surface area (Å²) >= 11 is 6.07. The van der Waals surface area contributed by atoms with Crippen LogP contribution in [0.5, 0.6) is 6.01 Å². The third-order valence-electron chi connectivity index (χ3n) is 2.45. The Hall–Kier alpha value is -2.08. The number of anilines is 3. The maximum Gasteiger partial charge on any atom is 0.322 e. The summed E-state index contributed by atoms with van der Waals surface area (Å²) in [6.07, 6.45) is 0. The van der Waals surface area contributed by atoms with Crippen LogP contribution < -0.4 is 15.4 Å². The van der Waals surface area contributed by atoms with Gasteiger partial charge in [0.1, 0.15) is 0 Å². The summed E-state index contributed by atoms with van der Waals surface area (Å²) < 4.78 is 5.01. The van der Waals surface area contributed by atoms with Crippen LogP contribution >= 0.6 is 11.6 Å². The number of aromatic nitrogens is 3. The molecule has 2 rings (SSSR count). The average molecular weight is 280 g/mol. The number of ether oxygens (including phenoxy) is 1. The summed E-state index contributed by atoms with van der Waals surface area (Å²) in [7, 11) is 3.22. The first-order valence-electron chi connectivity index (χ1n) is 5.63. The second-order valence-electron chi connectivity index (χ2n) is 3.81. The van der Waals surface area contributed by atoms with E-state index in [-0.39, 0.29) is 6.01 Å². The molecule has 7 heteroatoms. The van der Waals surface area contributed by atoms with Crippen LogP contribution in [0.2, 0.25) is 5.02 Å². The molecule has 19 heavy (non-hydrogen) atoms. The van der Waals surface area contributed by atoms with E-state index >= 15 is 0 Å². The summed E-state index contributed by atoms with van der Waals surface area (Å²) in [6, 6.07) is 5.87. The highest BCUT2D eigenvalue weighted by atomic mass is 35.5.